The van der Waals surface area contributed by atoms with E-state index in [0.717, 1.165) is 16.5 Å². The van der Waals surface area contributed by atoms with Gasteiger partial charge in [-0.2, -0.15) is 9.78 Å². The molecule has 8 heteroatoms. The molecule has 0 aliphatic carbocycles. The van der Waals surface area contributed by atoms with Crippen LogP contribution in [-0.2, 0) is 13.0 Å². The minimum absolute atomic E-state index is 0.230. The molecule has 0 amide bonds. The van der Waals surface area contributed by atoms with Gasteiger partial charge in [0.1, 0.15) is 18.2 Å². The van der Waals surface area contributed by atoms with E-state index in [1.54, 1.807) is 30.5 Å². The molecule has 0 bridgehead atoms. The first-order chi connectivity index (χ1) is 15.9. The highest BCUT2D eigenvalue weighted by atomic mass is 79.9. The van der Waals surface area contributed by atoms with Crippen LogP contribution in [0.3, 0.4) is 0 Å². The SMILES string of the molecule is CCCc1nc2ccc(Br)cc2c(=O)n1N=Cc1cc(Cl)ccc1OCc1ccc(Cl)cc1. The predicted molar refractivity (Wildman–Crippen MR) is 138 cm³/mol. The summed E-state index contributed by atoms with van der Waals surface area (Å²) in [5.41, 5.74) is 2.04. The number of hydrogen-bond donors (Lipinski definition) is 0. The second kappa shape index (κ2) is 10.5. The quantitative estimate of drug-likeness (QED) is 0.238. The number of rotatable bonds is 7. The maximum absolute atomic E-state index is 13.2. The zero-order chi connectivity index (χ0) is 23.4. The first kappa shape index (κ1) is 23.5. The van der Waals surface area contributed by atoms with Crippen LogP contribution in [0, 0.1) is 0 Å². The van der Waals surface area contributed by atoms with Gasteiger partial charge in [-0.3, -0.25) is 4.79 Å². The van der Waals surface area contributed by atoms with Crippen LogP contribution in [0.5, 0.6) is 5.75 Å². The molecule has 0 unspecified atom stereocenters. The van der Waals surface area contributed by atoms with E-state index in [1.165, 1.54) is 4.68 Å². The van der Waals surface area contributed by atoms with E-state index in [0.29, 0.717) is 51.1 Å². The van der Waals surface area contributed by atoms with Crippen molar-refractivity contribution in [2.24, 2.45) is 5.10 Å². The zero-order valence-corrected chi connectivity index (χ0v) is 20.9. The van der Waals surface area contributed by atoms with Crippen LogP contribution in [0.2, 0.25) is 10.0 Å². The number of halogens is 3. The maximum atomic E-state index is 13.2. The van der Waals surface area contributed by atoms with Crippen LogP contribution in [0.25, 0.3) is 10.9 Å². The summed E-state index contributed by atoms with van der Waals surface area (Å²) < 4.78 is 8.15. The Hall–Kier alpha value is -2.67. The van der Waals surface area contributed by atoms with Crippen LogP contribution >= 0.6 is 39.1 Å². The van der Waals surface area contributed by atoms with Gasteiger partial charge in [0.25, 0.3) is 5.56 Å². The molecule has 0 spiro atoms. The van der Waals surface area contributed by atoms with Crippen molar-refractivity contribution >= 4 is 56.2 Å². The molecule has 1 aromatic heterocycles. The topological polar surface area (TPSA) is 56.5 Å². The summed E-state index contributed by atoms with van der Waals surface area (Å²) in [5.74, 6) is 1.19. The molecule has 0 aliphatic heterocycles. The smallest absolute Gasteiger partial charge is 0.282 e. The largest absolute Gasteiger partial charge is 0.488 e. The molecule has 0 radical (unpaired) electrons. The molecule has 0 saturated carbocycles. The zero-order valence-electron chi connectivity index (χ0n) is 17.8. The van der Waals surface area contributed by atoms with Crippen LogP contribution in [-0.4, -0.2) is 15.9 Å². The molecule has 0 atom stereocenters. The minimum Gasteiger partial charge on any atom is -0.488 e. The average Bonchev–Trinajstić information content (AvgIpc) is 2.80. The average molecular weight is 545 g/mol. The number of benzene rings is 3. The Balaban J connectivity index is 1.70. The van der Waals surface area contributed by atoms with Gasteiger partial charge in [-0.05, 0) is 60.5 Å². The van der Waals surface area contributed by atoms with Gasteiger partial charge in [-0.15, -0.1) is 0 Å². The van der Waals surface area contributed by atoms with Crippen molar-refractivity contribution in [1.82, 2.24) is 9.66 Å². The molecule has 0 N–H and O–H groups in total. The summed E-state index contributed by atoms with van der Waals surface area (Å²) in [5, 5.41) is 6.19. The van der Waals surface area contributed by atoms with Gasteiger partial charge in [0.05, 0.1) is 17.1 Å². The maximum Gasteiger partial charge on any atom is 0.282 e. The Morgan fingerprint density at radius 3 is 2.58 bits per heavy atom. The van der Waals surface area contributed by atoms with Gasteiger partial charge in [0, 0.05) is 26.5 Å². The third-order valence-electron chi connectivity index (χ3n) is 4.94. The van der Waals surface area contributed by atoms with Gasteiger partial charge in [0.15, 0.2) is 0 Å². The molecule has 168 valence electrons. The van der Waals surface area contributed by atoms with Crippen molar-refractivity contribution in [3.05, 3.63) is 102 Å². The van der Waals surface area contributed by atoms with Gasteiger partial charge >= 0.3 is 0 Å². The Morgan fingerprint density at radius 2 is 1.82 bits per heavy atom. The normalized spacial score (nSPS) is 11.4. The number of nitrogens with zero attached hydrogens (tertiary/aromatic N) is 3. The molecule has 3 aromatic carbocycles. The molecule has 0 fully saturated rings. The first-order valence-corrected chi connectivity index (χ1v) is 11.9. The molecule has 33 heavy (non-hydrogen) atoms. The minimum atomic E-state index is -0.230. The molecule has 4 aromatic rings. The van der Waals surface area contributed by atoms with Gasteiger partial charge in [-0.1, -0.05) is 58.2 Å². The second-order valence-corrected chi connectivity index (χ2v) is 9.19. The highest BCUT2D eigenvalue weighted by Gasteiger charge is 2.11. The van der Waals surface area contributed by atoms with E-state index in [2.05, 4.69) is 26.0 Å². The van der Waals surface area contributed by atoms with Crippen LogP contribution in [0.4, 0.5) is 0 Å². The standard InChI is InChI=1S/C25H20BrCl2N3O2/c1-2-3-24-30-22-10-6-18(26)13-21(22)25(32)31(24)29-14-17-12-20(28)9-11-23(17)33-15-16-4-7-19(27)8-5-16/h4-14H,2-3,15H2,1H3. The Bertz CT molecular complexity index is 1390. The van der Waals surface area contributed by atoms with E-state index in [4.69, 9.17) is 27.9 Å². The van der Waals surface area contributed by atoms with Crippen molar-refractivity contribution in [1.29, 1.82) is 0 Å². The number of aryl methyl sites for hydroxylation is 1. The van der Waals surface area contributed by atoms with Crippen molar-refractivity contribution in [2.75, 3.05) is 0 Å². The molecular weight excluding hydrogens is 525 g/mol. The van der Waals surface area contributed by atoms with E-state index < -0.39 is 0 Å². The third-order valence-corrected chi connectivity index (χ3v) is 5.92. The number of ether oxygens (including phenoxy) is 1. The van der Waals surface area contributed by atoms with E-state index in [-0.39, 0.29) is 5.56 Å². The van der Waals surface area contributed by atoms with Gasteiger partial charge in [-0.25, -0.2) is 4.98 Å². The first-order valence-electron chi connectivity index (χ1n) is 10.4. The summed E-state index contributed by atoms with van der Waals surface area (Å²) >= 11 is 15.6. The fraction of sp³-hybridized carbons (Fsp3) is 0.160. The molecule has 0 saturated heterocycles. The fourth-order valence-corrected chi connectivity index (χ4v) is 3.98. The lowest BCUT2D eigenvalue weighted by atomic mass is 10.2. The van der Waals surface area contributed by atoms with Crippen molar-refractivity contribution in [2.45, 2.75) is 26.4 Å². The van der Waals surface area contributed by atoms with Crippen molar-refractivity contribution < 1.29 is 4.74 Å². The van der Waals surface area contributed by atoms with E-state index in [1.807, 2.05) is 43.3 Å². The van der Waals surface area contributed by atoms with Crippen molar-refractivity contribution in [3.8, 4) is 5.75 Å². The molecular formula is C25H20BrCl2N3O2. The lowest BCUT2D eigenvalue weighted by molar-refractivity contribution is 0.306. The summed E-state index contributed by atoms with van der Waals surface area (Å²) in [7, 11) is 0. The summed E-state index contributed by atoms with van der Waals surface area (Å²) in [6.45, 7) is 2.39. The third kappa shape index (κ3) is 5.64. The molecule has 0 aliphatic rings. The Kier molecular flexibility index (Phi) is 7.48. The summed E-state index contributed by atoms with van der Waals surface area (Å²) in [6.07, 6.45) is 3.03. The van der Waals surface area contributed by atoms with Crippen molar-refractivity contribution in [3.63, 3.8) is 0 Å². The monoisotopic (exact) mass is 543 g/mol. The Labute approximate surface area is 209 Å². The molecule has 4 rings (SSSR count). The van der Waals surface area contributed by atoms with Crippen LogP contribution in [0.15, 0.2) is 75.0 Å². The lowest BCUT2D eigenvalue weighted by Crippen LogP contribution is -2.22. The number of fused-ring (bicyclic) bond motifs is 1. The predicted octanol–water partition coefficient (Wildman–Crippen LogP) is 6.88. The molecule has 5 nitrogen and oxygen atoms in total. The lowest BCUT2D eigenvalue weighted by Gasteiger charge is -2.11. The number of hydrogen-bond acceptors (Lipinski definition) is 4. The van der Waals surface area contributed by atoms with Crippen LogP contribution < -0.4 is 10.3 Å². The van der Waals surface area contributed by atoms with Gasteiger partial charge < -0.3 is 4.74 Å². The van der Waals surface area contributed by atoms with Gasteiger partial charge in [0.2, 0.25) is 0 Å². The van der Waals surface area contributed by atoms with Crippen LogP contribution in [0.1, 0.15) is 30.3 Å². The highest BCUT2D eigenvalue weighted by molar-refractivity contribution is 9.10. The van der Waals surface area contributed by atoms with E-state index >= 15 is 0 Å². The highest BCUT2D eigenvalue weighted by Crippen LogP contribution is 2.23. The Morgan fingerprint density at radius 1 is 1.06 bits per heavy atom. The fourth-order valence-electron chi connectivity index (χ4n) is 3.31. The number of aromatic nitrogens is 2. The van der Waals surface area contributed by atoms with E-state index in [9.17, 15) is 4.79 Å². The summed E-state index contributed by atoms with van der Waals surface area (Å²) in [4.78, 5) is 17.9. The molecule has 1 heterocycles. The summed E-state index contributed by atoms with van der Waals surface area (Å²) in [6, 6.07) is 18.2. The second-order valence-electron chi connectivity index (χ2n) is 7.40.